The fraction of sp³-hybridized carbons (Fsp3) is 0.500. The molecule has 1 aliphatic rings. The van der Waals surface area contributed by atoms with Gasteiger partial charge in [0.15, 0.2) is 0 Å². The molecule has 1 saturated carbocycles. The van der Waals surface area contributed by atoms with Gasteiger partial charge in [0.05, 0.1) is 5.02 Å². The van der Waals surface area contributed by atoms with Gasteiger partial charge in [-0.3, -0.25) is 0 Å². The fourth-order valence-corrected chi connectivity index (χ4v) is 2.39. The molecule has 1 aliphatic carbocycles. The van der Waals surface area contributed by atoms with E-state index in [0.717, 1.165) is 34.4 Å². The van der Waals surface area contributed by atoms with Gasteiger partial charge in [-0.25, -0.2) is 0 Å². The average molecular weight is 289 g/mol. The lowest BCUT2D eigenvalue weighted by Crippen LogP contribution is -2.16. The second-order valence-electron chi connectivity index (χ2n) is 4.08. The van der Waals surface area contributed by atoms with Crippen LogP contribution in [0.5, 0.6) is 0 Å². The van der Waals surface area contributed by atoms with Crippen LogP contribution in [0.15, 0.2) is 22.7 Å². The normalized spacial score (nSPS) is 24.2. The molecule has 2 rings (SSSR count). The highest BCUT2D eigenvalue weighted by molar-refractivity contribution is 9.10. The van der Waals surface area contributed by atoms with Crippen molar-refractivity contribution in [1.82, 2.24) is 5.32 Å². The highest BCUT2D eigenvalue weighted by Crippen LogP contribution is 2.47. The molecular formula is C12H15BrClN. The van der Waals surface area contributed by atoms with Gasteiger partial charge in [-0.15, -0.1) is 0 Å². The quantitative estimate of drug-likeness (QED) is 0.888. The predicted molar refractivity (Wildman–Crippen MR) is 68.5 cm³/mol. The monoisotopic (exact) mass is 287 g/mol. The zero-order valence-electron chi connectivity index (χ0n) is 8.76. The number of halogens is 2. The third kappa shape index (κ3) is 2.74. The Bertz CT molecular complexity index is 353. The standard InChI is InChI=1S/C12H15BrClN/c1-2-15-7-9-5-10(9)8-3-4-11(13)12(14)6-8/h3-4,6,9-10,15H,2,5,7H2,1H3. The molecule has 1 N–H and O–H groups in total. The fourth-order valence-electron chi connectivity index (χ4n) is 1.95. The van der Waals surface area contributed by atoms with Gasteiger partial charge in [0, 0.05) is 4.47 Å². The molecule has 0 saturated heterocycles. The first-order valence-electron chi connectivity index (χ1n) is 5.38. The van der Waals surface area contributed by atoms with Crippen LogP contribution in [0.4, 0.5) is 0 Å². The van der Waals surface area contributed by atoms with Crippen molar-refractivity contribution in [3.8, 4) is 0 Å². The molecule has 1 aromatic rings. The Hall–Kier alpha value is -0.0500. The van der Waals surface area contributed by atoms with E-state index in [4.69, 9.17) is 11.6 Å². The third-order valence-corrected chi connectivity index (χ3v) is 4.18. The van der Waals surface area contributed by atoms with E-state index in [1.54, 1.807) is 0 Å². The number of benzene rings is 1. The van der Waals surface area contributed by atoms with E-state index >= 15 is 0 Å². The maximum absolute atomic E-state index is 6.08. The number of hydrogen-bond donors (Lipinski definition) is 1. The molecular weight excluding hydrogens is 273 g/mol. The van der Waals surface area contributed by atoms with Gasteiger partial charge in [0.25, 0.3) is 0 Å². The minimum atomic E-state index is 0.717. The first kappa shape index (κ1) is 11.4. The van der Waals surface area contributed by atoms with Crippen molar-refractivity contribution < 1.29 is 0 Å². The van der Waals surface area contributed by atoms with Crippen LogP contribution in [0.3, 0.4) is 0 Å². The highest BCUT2D eigenvalue weighted by atomic mass is 79.9. The maximum atomic E-state index is 6.08. The van der Waals surface area contributed by atoms with E-state index in [9.17, 15) is 0 Å². The molecule has 0 heterocycles. The van der Waals surface area contributed by atoms with Crippen molar-refractivity contribution in [2.24, 2.45) is 5.92 Å². The van der Waals surface area contributed by atoms with Crippen LogP contribution in [-0.4, -0.2) is 13.1 Å². The molecule has 0 amide bonds. The summed E-state index contributed by atoms with van der Waals surface area (Å²) in [7, 11) is 0. The van der Waals surface area contributed by atoms with Crippen LogP contribution >= 0.6 is 27.5 Å². The van der Waals surface area contributed by atoms with Gasteiger partial charge in [-0.1, -0.05) is 24.6 Å². The third-order valence-electron chi connectivity index (χ3n) is 2.95. The largest absolute Gasteiger partial charge is 0.317 e. The summed E-state index contributed by atoms with van der Waals surface area (Å²) in [4.78, 5) is 0. The Labute approximate surface area is 104 Å². The lowest BCUT2D eigenvalue weighted by molar-refractivity contribution is 0.649. The van der Waals surface area contributed by atoms with E-state index in [0.29, 0.717) is 0 Å². The Morgan fingerprint density at radius 3 is 3.00 bits per heavy atom. The van der Waals surface area contributed by atoms with Crippen LogP contribution in [0.1, 0.15) is 24.8 Å². The molecule has 1 nitrogen and oxygen atoms in total. The maximum Gasteiger partial charge on any atom is 0.0550 e. The minimum Gasteiger partial charge on any atom is -0.317 e. The van der Waals surface area contributed by atoms with E-state index < -0.39 is 0 Å². The average Bonchev–Trinajstić information content (AvgIpc) is 2.98. The molecule has 1 fully saturated rings. The zero-order valence-corrected chi connectivity index (χ0v) is 11.1. The Kier molecular flexibility index (Phi) is 3.70. The van der Waals surface area contributed by atoms with Crippen molar-refractivity contribution in [2.75, 3.05) is 13.1 Å². The molecule has 3 heteroatoms. The van der Waals surface area contributed by atoms with Crippen LogP contribution in [0.2, 0.25) is 5.02 Å². The van der Waals surface area contributed by atoms with Crippen LogP contribution in [0, 0.1) is 5.92 Å². The number of rotatable bonds is 4. The summed E-state index contributed by atoms with van der Waals surface area (Å²) in [5, 5.41) is 4.21. The molecule has 0 aromatic heterocycles. The van der Waals surface area contributed by atoms with Gasteiger partial charge in [0.2, 0.25) is 0 Å². The van der Waals surface area contributed by atoms with E-state index in [-0.39, 0.29) is 0 Å². The van der Waals surface area contributed by atoms with Crippen molar-refractivity contribution in [1.29, 1.82) is 0 Å². The molecule has 82 valence electrons. The van der Waals surface area contributed by atoms with Gasteiger partial charge in [0.1, 0.15) is 0 Å². The topological polar surface area (TPSA) is 12.0 Å². The van der Waals surface area contributed by atoms with E-state index in [1.165, 1.54) is 12.0 Å². The van der Waals surface area contributed by atoms with Crippen molar-refractivity contribution >= 4 is 27.5 Å². The second kappa shape index (κ2) is 4.86. The first-order valence-corrected chi connectivity index (χ1v) is 6.55. The van der Waals surface area contributed by atoms with Gasteiger partial charge in [-0.2, -0.15) is 0 Å². The van der Waals surface area contributed by atoms with Crippen molar-refractivity contribution in [3.63, 3.8) is 0 Å². The lowest BCUT2D eigenvalue weighted by atomic mass is 10.1. The van der Waals surface area contributed by atoms with Gasteiger partial charge >= 0.3 is 0 Å². The molecule has 15 heavy (non-hydrogen) atoms. The molecule has 0 radical (unpaired) electrons. The molecule has 2 atom stereocenters. The Morgan fingerprint density at radius 1 is 1.53 bits per heavy atom. The Morgan fingerprint density at radius 2 is 2.33 bits per heavy atom. The summed E-state index contributed by atoms with van der Waals surface area (Å²) in [5.74, 6) is 1.52. The molecule has 2 unspecified atom stereocenters. The smallest absolute Gasteiger partial charge is 0.0550 e. The number of nitrogens with one attached hydrogen (secondary N) is 1. The summed E-state index contributed by atoms with van der Waals surface area (Å²) in [6, 6.07) is 6.30. The molecule has 1 aromatic carbocycles. The van der Waals surface area contributed by atoms with E-state index in [2.05, 4.69) is 40.3 Å². The van der Waals surface area contributed by atoms with Gasteiger partial charge < -0.3 is 5.32 Å². The predicted octanol–water partition coefficient (Wildman–Crippen LogP) is 3.82. The first-order chi connectivity index (χ1) is 7.22. The minimum absolute atomic E-state index is 0.717. The molecule has 0 aliphatic heterocycles. The lowest BCUT2D eigenvalue weighted by Gasteiger charge is -2.03. The Balaban J connectivity index is 1.98. The summed E-state index contributed by atoms with van der Waals surface area (Å²) in [5.41, 5.74) is 1.38. The number of hydrogen-bond acceptors (Lipinski definition) is 1. The van der Waals surface area contributed by atoms with Crippen LogP contribution in [0.25, 0.3) is 0 Å². The van der Waals surface area contributed by atoms with Crippen molar-refractivity contribution in [3.05, 3.63) is 33.3 Å². The molecule has 0 bridgehead atoms. The summed E-state index contributed by atoms with van der Waals surface area (Å²) >= 11 is 9.49. The second-order valence-corrected chi connectivity index (χ2v) is 5.35. The highest BCUT2D eigenvalue weighted by Gasteiger charge is 2.37. The van der Waals surface area contributed by atoms with Crippen molar-refractivity contribution in [2.45, 2.75) is 19.3 Å². The zero-order chi connectivity index (χ0) is 10.8. The van der Waals surface area contributed by atoms with Crippen LogP contribution in [-0.2, 0) is 0 Å². The summed E-state index contributed by atoms with van der Waals surface area (Å²) in [6.07, 6.45) is 1.30. The van der Waals surface area contributed by atoms with E-state index in [1.807, 2.05) is 6.07 Å². The van der Waals surface area contributed by atoms with Crippen LogP contribution < -0.4 is 5.32 Å². The SMILES string of the molecule is CCNCC1CC1c1ccc(Br)c(Cl)c1. The van der Waals surface area contributed by atoms with Gasteiger partial charge in [-0.05, 0) is 65.0 Å². The summed E-state index contributed by atoms with van der Waals surface area (Å²) < 4.78 is 0.983. The summed E-state index contributed by atoms with van der Waals surface area (Å²) in [6.45, 7) is 4.34. The molecule has 0 spiro atoms.